The Kier molecular flexibility index (Phi) is 7.47. The molecule has 168 valence electrons. The first-order valence-corrected chi connectivity index (χ1v) is 9.81. The zero-order valence-corrected chi connectivity index (χ0v) is 17.2. The van der Waals surface area contributed by atoms with Gasteiger partial charge in [-0.3, -0.25) is 0 Å². The minimum absolute atomic E-state index is 0.324. The molecule has 1 saturated heterocycles. The normalized spacial score (nSPS) is 27.2. The molecule has 31 heavy (non-hydrogen) atoms. The van der Waals surface area contributed by atoms with Gasteiger partial charge in [0.15, 0.2) is 0 Å². The standard InChI is InChI=1S/C22H27NO8/c1-12(24)21-19(26)18(25)20(27)22(31-21)30-17-10-14(11-23-28)3-6-15(17)9-13-4-7-16(29-2)8-5-13/h3-8,10-12,18-22,24-28H,9H2,1-2H3/b23-11-/t12-,18+,19+,20-,21-,22-/m1/s1. The maximum atomic E-state index is 10.4. The molecule has 0 aliphatic carbocycles. The predicted octanol–water partition coefficient (Wildman–Crippen LogP) is 0.661. The van der Waals surface area contributed by atoms with Crippen molar-refractivity contribution in [2.24, 2.45) is 5.16 Å². The third-order valence-corrected chi connectivity index (χ3v) is 5.18. The molecule has 0 unspecified atom stereocenters. The Labute approximate surface area is 179 Å². The van der Waals surface area contributed by atoms with Crippen LogP contribution in [0.15, 0.2) is 47.6 Å². The van der Waals surface area contributed by atoms with Gasteiger partial charge in [0.25, 0.3) is 0 Å². The van der Waals surface area contributed by atoms with Crippen molar-refractivity contribution in [1.82, 2.24) is 0 Å². The van der Waals surface area contributed by atoms with Crippen molar-refractivity contribution in [3.05, 3.63) is 59.2 Å². The SMILES string of the molecule is COc1ccc(Cc2ccc(/C=N\O)cc2O[C@@H]2O[C@H]([C@@H](C)O)[C@@H](O)[C@H](O)[C@H]2O)cc1. The quantitative estimate of drug-likeness (QED) is 0.244. The Hall–Kier alpha value is -2.69. The number of benzene rings is 2. The molecule has 9 nitrogen and oxygen atoms in total. The number of rotatable bonds is 7. The summed E-state index contributed by atoms with van der Waals surface area (Å²) in [7, 11) is 1.59. The van der Waals surface area contributed by atoms with Crippen molar-refractivity contribution in [3.8, 4) is 11.5 Å². The fraction of sp³-hybridized carbons (Fsp3) is 0.409. The molecule has 2 aromatic carbocycles. The molecule has 0 saturated carbocycles. The zero-order chi connectivity index (χ0) is 22.5. The van der Waals surface area contributed by atoms with Crippen LogP contribution >= 0.6 is 0 Å². The highest BCUT2D eigenvalue weighted by atomic mass is 16.7. The van der Waals surface area contributed by atoms with Crippen molar-refractivity contribution in [2.45, 2.75) is 50.2 Å². The van der Waals surface area contributed by atoms with E-state index in [1.54, 1.807) is 25.3 Å². The van der Waals surface area contributed by atoms with E-state index in [0.29, 0.717) is 17.7 Å². The van der Waals surface area contributed by atoms with Gasteiger partial charge in [-0.1, -0.05) is 29.4 Å². The van der Waals surface area contributed by atoms with Gasteiger partial charge in [0, 0.05) is 6.42 Å². The number of hydrogen-bond acceptors (Lipinski definition) is 9. The van der Waals surface area contributed by atoms with Crippen LogP contribution in [0.5, 0.6) is 11.5 Å². The Balaban J connectivity index is 1.89. The van der Waals surface area contributed by atoms with E-state index in [1.807, 2.05) is 24.3 Å². The molecule has 0 amide bonds. The molecule has 0 bridgehead atoms. The number of oxime groups is 1. The van der Waals surface area contributed by atoms with Crippen LogP contribution in [-0.2, 0) is 11.2 Å². The molecule has 2 aromatic rings. The summed E-state index contributed by atoms with van der Waals surface area (Å²) >= 11 is 0. The van der Waals surface area contributed by atoms with Crippen molar-refractivity contribution >= 4 is 6.21 Å². The molecule has 3 rings (SSSR count). The minimum atomic E-state index is -1.56. The van der Waals surface area contributed by atoms with Crippen molar-refractivity contribution in [2.75, 3.05) is 7.11 Å². The molecular formula is C22H27NO8. The highest BCUT2D eigenvalue weighted by Gasteiger charge is 2.46. The third kappa shape index (κ3) is 5.33. The lowest BCUT2D eigenvalue weighted by Crippen LogP contribution is -2.61. The fourth-order valence-corrected chi connectivity index (χ4v) is 3.43. The zero-order valence-electron chi connectivity index (χ0n) is 17.2. The van der Waals surface area contributed by atoms with E-state index in [9.17, 15) is 20.4 Å². The number of ether oxygens (including phenoxy) is 3. The number of methoxy groups -OCH3 is 1. The first kappa shape index (κ1) is 23.0. The molecule has 6 atom stereocenters. The van der Waals surface area contributed by atoms with E-state index in [4.69, 9.17) is 19.4 Å². The van der Waals surface area contributed by atoms with Gasteiger partial charge in [-0.05, 0) is 41.8 Å². The maximum Gasteiger partial charge on any atom is 0.229 e. The van der Waals surface area contributed by atoms with Crippen LogP contribution in [0.25, 0.3) is 0 Å². The lowest BCUT2D eigenvalue weighted by Gasteiger charge is -2.41. The van der Waals surface area contributed by atoms with E-state index in [2.05, 4.69) is 5.16 Å². The van der Waals surface area contributed by atoms with E-state index in [0.717, 1.165) is 16.9 Å². The van der Waals surface area contributed by atoms with E-state index >= 15 is 0 Å². The highest BCUT2D eigenvalue weighted by Crippen LogP contribution is 2.30. The number of aliphatic hydroxyl groups is 4. The second-order valence-electron chi connectivity index (χ2n) is 7.44. The summed E-state index contributed by atoms with van der Waals surface area (Å²) in [6, 6.07) is 12.6. The van der Waals surface area contributed by atoms with Gasteiger partial charge in [0.2, 0.25) is 6.29 Å². The topological polar surface area (TPSA) is 141 Å². The van der Waals surface area contributed by atoms with Gasteiger partial charge < -0.3 is 39.8 Å². The van der Waals surface area contributed by atoms with E-state index < -0.39 is 36.8 Å². The van der Waals surface area contributed by atoms with Crippen LogP contribution in [0, 0.1) is 0 Å². The molecular weight excluding hydrogens is 406 g/mol. The fourth-order valence-electron chi connectivity index (χ4n) is 3.43. The third-order valence-electron chi connectivity index (χ3n) is 5.18. The average Bonchev–Trinajstić information content (AvgIpc) is 2.76. The van der Waals surface area contributed by atoms with Crippen LogP contribution < -0.4 is 9.47 Å². The molecule has 1 fully saturated rings. The molecule has 9 heteroatoms. The summed E-state index contributed by atoms with van der Waals surface area (Å²) < 4.78 is 16.6. The number of aliphatic hydroxyl groups excluding tert-OH is 4. The first-order valence-electron chi connectivity index (χ1n) is 9.81. The average molecular weight is 433 g/mol. The predicted molar refractivity (Wildman–Crippen MR) is 111 cm³/mol. The van der Waals surface area contributed by atoms with Gasteiger partial charge in [-0.25, -0.2) is 0 Å². The smallest absolute Gasteiger partial charge is 0.229 e. The molecule has 1 aliphatic rings. The second-order valence-corrected chi connectivity index (χ2v) is 7.44. The lowest BCUT2D eigenvalue weighted by atomic mass is 9.96. The summed E-state index contributed by atoms with van der Waals surface area (Å²) in [5.74, 6) is 1.05. The Morgan fingerprint density at radius 3 is 2.39 bits per heavy atom. The van der Waals surface area contributed by atoms with Gasteiger partial charge in [-0.15, -0.1) is 0 Å². The second kappa shape index (κ2) is 10.1. The molecule has 0 spiro atoms. The number of nitrogens with zero attached hydrogens (tertiary/aromatic N) is 1. The Morgan fingerprint density at radius 2 is 1.77 bits per heavy atom. The van der Waals surface area contributed by atoms with Crippen molar-refractivity contribution in [1.29, 1.82) is 0 Å². The summed E-state index contributed by atoms with van der Waals surface area (Å²) in [6.07, 6.45) is -6.47. The monoisotopic (exact) mass is 433 g/mol. The Morgan fingerprint density at radius 1 is 1.06 bits per heavy atom. The maximum absolute atomic E-state index is 10.4. The molecule has 1 aliphatic heterocycles. The Bertz CT molecular complexity index is 886. The van der Waals surface area contributed by atoms with Crippen LogP contribution in [0.4, 0.5) is 0 Å². The highest BCUT2D eigenvalue weighted by molar-refractivity contribution is 5.80. The van der Waals surface area contributed by atoms with Gasteiger partial charge >= 0.3 is 0 Å². The van der Waals surface area contributed by atoms with E-state index in [-0.39, 0.29) is 0 Å². The van der Waals surface area contributed by atoms with Crippen LogP contribution in [0.3, 0.4) is 0 Å². The summed E-state index contributed by atoms with van der Waals surface area (Å²) in [5.41, 5.74) is 2.25. The molecule has 0 radical (unpaired) electrons. The summed E-state index contributed by atoms with van der Waals surface area (Å²) in [5, 5.41) is 52.3. The van der Waals surface area contributed by atoms with Crippen molar-refractivity contribution < 1.29 is 39.8 Å². The lowest BCUT2D eigenvalue weighted by molar-refractivity contribution is -0.286. The molecule has 1 heterocycles. The summed E-state index contributed by atoms with van der Waals surface area (Å²) in [6.45, 7) is 1.41. The van der Waals surface area contributed by atoms with Crippen LogP contribution in [-0.4, -0.2) is 75.8 Å². The van der Waals surface area contributed by atoms with E-state index in [1.165, 1.54) is 13.1 Å². The molecule has 5 N–H and O–H groups in total. The van der Waals surface area contributed by atoms with Crippen molar-refractivity contribution in [3.63, 3.8) is 0 Å². The van der Waals surface area contributed by atoms with Crippen LogP contribution in [0.2, 0.25) is 0 Å². The largest absolute Gasteiger partial charge is 0.497 e. The summed E-state index contributed by atoms with van der Waals surface area (Å²) in [4.78, 5) is 0. The first-order chi connectivity index (χ1) is 14.8. The van der Waals surface area contributed by atoms with Gasteiger partial charge in [-0.2, -0.15) is 0 Å². The minimum Gasteiger partial charge on any atom is -0.497 e. The van der Waals surface area contributed by atoms with Crippen LogP contribution in [0.1, 0.15) is 23.6 Å². The van der Waals surface area contributed by atoms with Gasteiger partial charge in [0.05, 0.1) is 19.4 Å². The number of hydrogen-bond donors (Lipinski definition) is 5. The van der Waals surface area contributed by atoms with Gasteiger partial charge in [0.1, 0.15) is 35.9 Å². The molecule has 0 aromatic heterocycles.